The Labute approximate surface area is 103 Å². The zero-order chi connectivity index (χ0) is 14.0. The Morgan fingerprint density at radius 1 is 1.05 bits per heavy atom. The number of aromatic nitrogens is 2. The van der Waals surface area contributed by atoms with E-state index < -0.39 is 23.4 Å². The number of ether oxygens (including phenoxy) is 1. The molecular weight excluding hydrogens is 265 g/mol. The van der Waals surface area contributed by atoms with Gasteiger partial charge in [0, 0.05) is 6.20 Å². The predicted molar refractivity (Wildman–Crippen MR) is 59.8 cm³/mol. The molecule has 0 unspecified atom stereocenters. The summed E-state index contributed by atoms with van der Waals surface area (Å²) in [5.74, 6) is -0.392. The van der Waals surface area contributed by atoms with Crippen LogP contribution in [0.25, 0.3) is 11.1 Å². The standard InChI is InChI=1S/C11H7F3N2O3/c12-11(13,14)19-7-3-1-6(2-4-7)8-5-15-10(18)16-9(8)17/h1-5H,(H2,15,16,17,18). The maximum Gasteiger partial charge on any atom is 0.573 e. The number of alkyl halides is 3. The molecule has 0 saturated heterocycles. The Bertz CT molecular complexity index is 686. The fourth-order valence-electron chi connectivity index (χ4n) is 1.46. The first-order chi connectivity index (χ1) is 8.85. The molecule has 19 heavy (non-hydrogen) atoms. The van der Waals surface area contributed by atoms with Crippen molar-refractivity contribution >= 4 is 0 Å². The van der Waals surface area contributed by atoms with Crippen molar-refractivity contribution in [2.24, 2.45) is 0 Å². The third-order valence-corrected chi connectivity index (χ3v) is 2.22. The average molecular weight is 272 g/mol. The zero-order valence-electron chi connectivity index (χ0n) is 9.25. The van der Waals surface area contributed by atoms with Crippen LogP contribution in [0.2, 0.25) is 0 Å². The van der Waals surface area contributed by atoms with Crippen LogP contribution in [0, 0.1) is 0 Å². The molecule has 1 aromatic heterocycles. The van der Waals surface area contributed by atoms with E-state index in [-0.39, 0.29) is 5.56 Å². The van der Waals surface area contributed by atoms with Gasteiger partial charge in [-0.15, -0.1) is 13.2 Å². The van der Waals surface area contributed by atoms with Crippen molar-refractivity contribution in [3.05, 3.63) is 51.3 Å². The molecule has 0 radical (unpaired) electrons. The molecule has 0 amide bonds. The van der Waals surface area contributed by atoms with Gasteiger partial charge in [-0.2, -0.15) is 0 Å². The smallest absolute Gasteiger partial charge is 0.406 e. The first-order valence-corrected chi connectivity index (χ1v) is 5.03. The lowest BCUT2D eigenvalue weighted by atomic mass is 10.1. The monoisotopic (exact) mass is 272 g/mol. The summed E-state index contributed by atoms with van der Waals surface area (Å²) in [6.07, 6.45) is -3.59. The summed E-state index contributed by atoms with van der Waals surface area (Å²) in [6.45, 7) is 0. The zero-order valence-corrected chi connectivity index (χ0v) is 9.25. The number of aromatic amines is 2. The van der Waals surface area contributed by atoms with E-state index in [2.05, 4.69) is 9.72 Å². The number of halogens is 3. The lowest BCUT2D eigenvalue weighted by Crippen LogP contribution is -2.22. The fraction of sp³-hybridized carbons (Fsp3) is 0.0909. The summed E-state index contributed by atoms with van der Waals surface area (Å²) in [7, 11) is 0. The van der Waals surface area contributed by atoms with Gasteiger partial charge in [0.1, 0.15) is 5.75 Å². The van der Waals surface area contributed by atoms with Crippen molar-refractivity contribution in [1.29, 1.82) is 0 Å². The number of hydrogen-bond acceptors (Lipinski definition) is 3. The van der Waals surface area contributed by atoms with Gasteiger partial charge in [0.15, 0.2) is 0 Å². The van der Waals surface area contributed by atoms with Crippen LogP contribution in [-0.2, 0) is 0 Å². The first-order valence-electron chi connectivity index (χ1n) is 5.03. The minimum absolute atomic E-state index is 0.137. The van der Waals surface area contributed by atoms with E-state index in [0.717, 1.165) is 12.1 Å². The fourth-order valence-corrected chi connectivity index (χ4v) is 1.46. The summed E-state index contributed by atoms with van der Waals surface area (Å²) in [6, 6.07) is 4.72. The largest absolute Gasteiger partial charge is 0.573 e. The summed E-state index contributed by atoms with van der Waals surface area (Å²) >= 11 is 0. The van der Waals surface area contributed by atoms with Gasteiger partial charge in [0.25, 0.3) is 5.56 Å². The molecule has 2 rings (SSSR count). The van der Waals surface area contributed by atoms with Gasteiger partial charge in [0.05, 0.1) is 5.56 Å². The quantitative estimate of drug-likeness (QED) is 0.872. The molecule has 100 valence electrons. The lowest BCUT2D eigenvalue weighted by molar-refractivity contribution is -0.274. The van der Waals surface area contributed by atoms with Crippen LogP contribution >= 0.6 is 0 Å². The summed E-state index contributed by atoms with van der Waals surface area (Å²) < 4.78 is 39.6. The maximum atomic E-state index is 12.0. The van der Waals surface area contributed by atoms with Crippen molar-refractivity contribution in [2.75, 3.05) is 0 Å². The summed E-state index contributed by atoms with van der Waals surface area (Å²) in [4.78, 5) is 26.6. The number of rotatable bonds is 2. The third kappa shape index (κ3) is 3.24. The SMILES string of the molecule is O=c1[nH]cc(-c2ccc(OC(F)(F)F)cc2)c(=O)[nH]1. The van der Waals surface area contributed by atoms with E-state index in [0.29, 0.717) is 5.56 Å². The molecule has 5 nitrogen and oxygen atoms in total. The van der Waals surface area contributed by atoms with Gasteiger partial charge >= 0.3 is 12.1 Å². The minimum atomic E-state index is -4.77. The van der Waals surface area contributed by atoms with Gasteiger partial charge in [-0.3, -0.25) is 9.78 Å². The Kier molecular flexibility index (Phi) is 3.16. The van der Waals surface area contributed by atoms with Crippen molar-refractivity contribution in [1.82, 2.24) is 9.97 Å². The first kappa shape index (κ1) is 12.9. The second-order valence-electron chi connectivity index (χ2n) is 3.56. The molecule has 2 aromatic rings. The van der Waals surface area contributed by atoms with Crippen LogP contribution in [0.5, 0.6) is 5.75 Å². The highest BCUT2D eigenvalue weighted by Gasteiger charge is 2.30. The summed E-state index contributed by atoms with van der Waals surface area (Å²) in [5.41, 5.74) is -0.802. The summed E-state index contributed by atoms with van der Waals surface area (Å²) in [5, 5.41) is 0. The lowest BCUT2D eigenvalue weighted by Gasteiger charge is -2.08. The van der Waals surface area contributed by atoms with Crippen molar-refractivity contribution < 1.29 is 17.9 Å². The molecule has 0 aliphatic heterocycles. The molecule has 1 aromatic carbocycles. The molecule has 0 saturated carbocycles. The third-order valence-electron chi connectivity index (χ3n) is 2.22. The highest BCUT2D eigenvalue weighted by molar-refractivity contribution is 5.62. The number of benzene rings is 1. The van der Waals surface area contributed by atoms with Crippen LogP contribution < -0.4 is 16.0 Å². The van der Waals surface area contributed by atoms with E-state index >= 15 is 0 Å². The van der Waals surface area contributed by atoms with E-state index in [9.17, 15) is 22.8 Å². The maximum absolute atomic E-state index is 12.0. The Hall–Kier alpha value is -2.51. The van der Waals surface area contributed by atoms with E-state index in [1.165, 1.54) is 18.3 Å². The Balaban J connectivity index is 2.33. The molecule has 0 atom stereocenters. The van der Waals surface area contributed by atoms with Gasteiger partial charge in [-0.25, -0.2) is 4.79 Å². The van der Waals surface area contributed by atoms with Gasteiger partial charge in [-0.1, -0.05) is 12.1 Å². The van der Waals surface area contributed by atoms with E-state index in [4.69, 9.17) is 0 Å². The van der Waals surface area contributed by atoms with Crippen LogP contribution in [-0.4, -0.2) is 16.3 Å². The molecule has 0 bridgehead atoms. The number of hydrogen-bond donors (Lipinski definition) is 2. The van der Waals surface area contributed by atoms with Crippen LogP contribution in [0.4, 0.5) is 13.2 Å². The predicted octanol–water partition coefficient (Wildman–Crippen LogP) is 1.63. The molecule has 8 heteroatoms. The Morgan fingerprint density at radius 3 is 2.21 bits per heavy atom. The molecule has 0 spiro atoms. The molecule has 1 heterocycles. The molecular formula is C11H7F3N2O3. The average Bonchev–Trinajstić information content (AvgIpc) is 2.28. The molecule has 0 fully saturated rings. The van der Waals surface area contributed by atoms with E-state index in [1.807, 2.05) is 4.98 Å². The molecule has 0 aliphatic carbocycles. The normalized spacial score (nSPS) is 11.3. The van der Waals surface area contributed by atoms with Crippen molar-refractivity contribution in [2.45, 2.75) is 6.36 Å². The van der Waals surface area contributed by atoms with Gasteiger partial charge in [-0.05, 0) is 17.7 Å². The van der Waals surface area contributed by atoms with E-state index in [1.54, 1.807) is 0 Å². The topological polar surface area (TPSA) is 75.0 Å². The highest BCUT2D eigenvalue weighted by atomic mass is 19.4. The second-order valence-corrected chi connectivity index (χ2v) is 3.56. The Morgan fingerprint density at radius 2 is 1.68 bits per heavy atom. The van der Waals surface area contributed by atoms with Crippen LogP contribution in [0.3, 0.4) is 0 Å². The number of H-pyrrole nitrogens is 2. The minimum Gasteiger partial charge on any atom is -0.406 e. The van der Waals surface area contributed by atoms with Crippen LogP contribution in [0.1, 0.15) is 0 Å². The van der Waals surface area contributed by atoms with Crippen LogP contribution in [0.15, 0.2) is 40.1 Å². The second kappa shape index (κ2) is 4.63. The number of nitrogens with one attached hydrogen (secondary N) is 2. The van der Waals surface area contributed by atoms with Crippen molar-refractivity contribution in [3.8, 4) is 16.9 Å². The highest BCUT2D eigenvalue weighted by Crippen LogP contribution is 2.24. The van der Waals surface area contributed by atoms with Gasteiger partial charge in [0.2, 0.25) is 0 Å². The van der Waals surface area contributed by atoms with Gasteiger partial charge < -0.3 is 9.72 Å². The van der Waals surface area contributed by atoms with Crippen molar-refractivity contribution in [3.63, 3.8) is 0 Å². The molecule has 2 N–H and O–H groups in total. The molecule has 0 aliphatic rings.